The van der Waals surface area contributed by atoms with Gasteiger partial charge in [-0.3, -0.25) is 4.79 Å². The molecule has 0 saturated heterocycles. The normalized spacial score (nSPS) is 11.5. The Kier molecular flexibility index (Phi) is 7.17. The molecule has 0 aliphatic carbocycles. The monoisotopic (exact) mass is 427 g/mol. The van der Waals surface area contributed by atoms with Crippen molar-refractivity contribution in [2.24, 2.45) is 0 Å². The summed E-state index contributed by atoms with van der Waals surface area (Å²) in [6.07, 6.45) is -3.29. The van der Waals surface area contributed by atoms with E-state index in [1.807, 2.05) is 6.07 Å². The number of aromatic nitrogens is 1. The van der Waals surface area contributed by atoms with Crippen molar-refractivity contribution in [3.05, 3.63) is 59.3 Å². The Labute approximate surface area is 165 Å². The molecule has 0 saturated carbocycles. The van der Waals surface area contributed by atoms with Crippen molar-refractivity contribution in [3.8, 4) is 11.9 Å². The Balaban J connectivity index is 1.87. The fourth-order valence-electron chi connectivity index (χ4n) is 2.23. The van der Waals surface area contributed by atoms with Crippen molar-refractivity contribution < 1.29 is 31.1 Å². The number of carbonyl (C=O) groups is 1. The van der Waals surface area contributed by atoms with Crippen LogP contribution in [-0.2, 0) is 26.9 Å². The van der Waals surface area contributed by atoms with Gasteiger partial charge in [0.05, 0.1) is 17.4 Å². The van der Waals surface area contributed by atoms with Crippen molar-refractivity contribution in [3.63, 3.8) is 0 Å². The Morgan fingerprint density at radius 3 is 2.48 bits per heavy atom. The maximum absolute atomic E-state index is 12.2. The van der Waals surface area contributed by atoms with Crippen LogP contribution in [0, 0.1) is 11.3 Å². The molecule has 0 unspecified atom stereocenters. The Hall–Kier alpha value is -3.13. The van der Waals surface area contributed by atoms with Crippen LogP contribution in [0.2, 0.25) is 0 Å². The third-order valence-electron chi connectivity index (χ3n) is 3.49. The summed E-state index contributed by atoms with van der Waals surface area (Å²) in [5.41, 5.74) is 1.23. The lowest BCUT2D eigenvalue weighted by atomic mass is 10.2. The van der Waals surface area contributed by atoms with E-state index in [1.54, 1.807) is 0 Å². The summed E-state index contributed by atoms with van der Waals surface area (Å²) < 4.78 is 65.3. The molecule has 1 N–H and O–H groups in total. The number of nitrogens with zero attached hydrogens (tertiary/aromatic N) is 2. The van der Waals surface area contributed by atoms with E-state index in [0.717, 1.165) is 0 Å². The Morgan fingerprint density at radius 1 is 1.17 bits per heavy atom. The van der Waals surface area contributed by atoms with Gasteiger partial charge in [-0.2, -0.15) is 18.4 Å². The number of amides is 1. The van der Waals surface area contributed by atoms with Gasteiger partial charge < -0.3 is 10.1 Å². The summed E-state index contributed by atoms with van der Waals surface area (Å²) in [7, 11) is -3.75. The van der Waals surface area contributed by atoms with Crippen LogP contribution in [0.3, 0.4) is 0 Å². The van der Waals surface area contributed by atoms with E-state index in [0.29, 0.717) is 16.7 Å². The van der Waals surface area contributed by atoms with E-state index < -0.39 is 34.3 Å². The lowest BCUT2D eigenvalue weighted by molar-refractivity contribution is -0.154. The van der Waals surface area contributed by atoms with Crippen molar-refractivity contribution in [2.45, 2.75) is 18.5 Å². The zero-order valence-corrected chi connectivity index (χ0v) is 15.8. The van der Waals surface area contributed by atoms with Gasteiger partial charge in [0.1, 0.15) is 5.75 Å². The van der Waals surface area contributed by atoms with E-state index in [4.69, 9.17) is 5.26 Å². The van der Waals surface area contributed by atoms with Crippen molar-refractivity contribution in [2.75, 3.05) is 12.4 Å². The number of rotatable bonds is 8. The molecule has 1 amide bonds. The number of carbonyl (C=O) groups excluding carboxylic acids is 1. The highest BCUT2D eigenvalue weighted by atomic mass is 32.2. The number of hydrogen-bond acceptors (Lipinski definition) is 6. The molecule has 1 heterocycles. The van der Waals surface area contributed by atoms with Gasteiger partial charge in [-0.25, -0.2) is 13.4 Å². The van der Waals surface area contributed by atoms with Gasteiger partial charge in [-0.1, -0.05) is 12.1 Å². The van der Waals surface area contributed by atoms with Gasteiger partial charge in [0, 0.05) is 18.8 Å². The van der Waals surface area contributed by atoms with E-state index in [-0.39, 0.29) is 18.2 Å². The molecule has 0 spiro atoms. The van der Waals surface area contributed by atoms with Crippen LogP contribution in [0.5, 0.6) is 5.88 Å². The quantitative estimate of drug-likeness (QED) is 0.691. The predicted molar refractivity (Wildman–Crippen MR) is 96.3 cm³/mol. The molecule has 154 valence electrons. The molecule has 0 atom stereocenters. The van der Waals surface area contributed by atoms with Crippen molar-refractivity contribution in [1.29, 1.82) is 5.26 Å². The van der Waals surface area contributed by atoms with Gasteiger partial charge in [-0.05, 0) is 29.3 Å². The summed E-state index contributed by atoms with van der Waals surface area (Å²) in [4.78, 5) is 15.6. The van der Waals surface area contributed by atoms with Crippen LogP contribution in [0.15, 0.2) is 42.6 Å². The van der Waals surface area contributed by atoms with E-state index in [2.05, 4.69) is 15.0 Å². The lowest BCUT2D eigenvalue weighted by Crippen LogP contribution is -2.30. The molecular weight excluding hydrogens is 411 g/mol. The van der Waals surface area contributed by atoms with E-state index in [9.17, 15) is 26.4 Å². The van der Waals surface area contributed by atoms with Gasteiger partial charge in [0.15, 0.2) is 16.4 Å². The first kappa shape index (κ1) is 22.2. The minimum absolute atomic E-state index is 0.101. The third kappa shape index (κ3) is 8.18. The van der Waals surface area contributed by atoms with Gasteiger partial charge in [0.25, 0.3) is 0 Å². The molecule has 0 aliphatic rings. The van der Waals surface area contributed by atoms with E-state index in [1.165, 1.54) is 42.6 Å². The van der Waals surface area contributed by atoms with Crippen LogP contribution in [0.25, 0.3) is 0 Å². The minimum Gasteiger partial charge on any atom is -0.468 e. The molecule has 0 bridgehead atoms. The van der Waals surface area contributed by atoms with E-state index >= 15 is 0 Å². The van der Waals surface area contributed by atoms with Gasteiger partial charge in [0.2, 0.25) is 11.8 Å². The maximum atomic E-state index is 12.2. The number of alkyl halides is 3. The smallest absolute Gasteiger partial charge is 0.422 e. The number of nitrogens with one attached hydrogen (secondary N) is 1. The fraction of sp³-hybridized carbons (Fsp3) is 0.278. The number of halogens is 3. The predicted octanol–water partition coefficient (Wildman–Crippen LogP) is 2.13. The highest BCUT2D eigenvalue weighted by Gasteiger charge is 2.28. The summed E-state index contributed by atoms with van der Waals surface area (Å²) in [5.74, 6) is -2.14. The standard InChI is InChI=1S/C18H16F3N3O4S/c19-18(20,21)12-28-17-7-15(5-6-23-17)9-24-16(25)11-29(26,27)10-14-3-1-13(8-22)2-4-14/h1-7H,9-12H2,(H,24,25). The molecule has 0 radical (unpaired) electrons. The molecule has 7 nitrogen and oxygen atoms in total. The Bertz CT molecular complexity index is 1000. The third-order valence-corrected chi connectivity index (χ3v) is 4.97. The van der Waals surface area contributed by atoms with Crippen LogP contribution >= 0.6 is 0 Å². The largest absolute Gasteiger partial charge is 0.468 e. The molecule has 1 aromatic carbocycles. The first-order chi connectivity index (χ1) is 13.6. The molecule has 0 fully saturated rings. The maximum Gasteiger partial charge on any atom is 0.422 e. The summed E-state index contributed by atoms with van der Waals surface area (Å²) >= 11 is 0. The highest BCUT2D eigenvalue weighted by molar-refractivity contribution is 7.91. The average molecular weight is 427 g/mol. The fourth-order valence-corrected chi connectivity index (χ4v) is 3.53. The second kappa shape index (κ2) is 9.38. The number of ether oxygens (including phenoxy) is 1. The molecule has 29 heavy (non-hydrogen) atoms. The molecule has 0 aliphatic heterocycles. The van der Waals surface area contributed by atoms with Crippen LogP contribution in [0.1, 0.15) is 16.7 Å². The second-order valence-corrected chi connectivity index (χ2v) is 8.09. The SMILES string of the molecule is N#Cc1ccc(CS(=O)(=O)CC(=O)NCc2ccnc(OCC(F)(F)F)c2)cc1. The molecular formula is C18H16F3N3O4S. The summed E-state index contributed by atoms with van der Waals surface area (Å²) in [6.45, 7) is -1.60. The molecule has 11 heteroatoms. The first-order valence-corrected chi connectivity index (χ1v) is 9.99. The molecule has 2 aromatic rings. The van der Waals surface area contributed by atoms with Crippen molar-refractivity contribution in [1.82, 2.24) is 10.3 Å². The minimum atomic E-state index is -4.50. The van der Waals surface area contributed by atoms with Gasteiger partial charge >= 0.3 is 6.18 Å². The molecule has 2 rings (SSSR count). The van der Waals surface area contributed by atoms with Crippen molar-refractivity contribution >= 4 is 15.7 Å². The van der Waals surface area contributed by atoms with Gasteiger partial charge in [-0.15, -0.1) is 0 Å². The molecule has 1 aromatic heterocycles. The lowest BCUT2D eigenvalue weighted by Gasteiger charge is -2.10. The number of pyridine rings is 1. The zero-order valence-electron chi connectivity index (χ0n) is 14.9. The number of sulfone groups is 1. The number of benzene rings is 1. The average Bonchev–Trinajstić information content (AvgIpc) is 2.64. The van der Waals surface area contributed by atoms with Crippen LogP contribution in [0.4, 0.5) is 13.2 Å². The number of nitriles is 1. The zero-order chi connectivity index (χ0) is 21.5. The highest BCUT2D eigenvalue weighted by Crippen LogP contribution is 2.17. The first-order valence-electron chi connectivity index (χ1n) is 8.17. The van der Waals surface area contributed by atoms with Crippen LogP contribution in [-0.4, -0.2) is 37.8 Å². The van der Waals surface area contributed by atoms with Crippen LogP contribution < -0.4 is 10.1 Å². The number of hydrogen-bond donors (Lipinski definition) is 1. The second-order valence-electron chi connectivity index (χ2n) is 6.02. The summed E-state index contributed by atoms with van der Waals surface area (Å²) in [6, 6.07) is 10.5. The topological polar surface area (TPSA) is 109 Å². The Morgan fingerprint density at radius 2 is 1.86 bits per heavy atom. The summed E-state index contributed by atoms with van der Waals surface area (Å²) in [5, 5.41) is 11.1.